The molecular formula is C15H36. The lowest BCUT2D eigenvalue weighted by atomic mass is 10.3. The minimum Gasteiger partial charge on any atom is -0.0776 e. The summed E-state index contributed by atoms with van der Waals surface area (Å²) in [4.78, 5) is 0. The highest BCUT2D eigenvalue weighted by Crippen LogP contribution is 2.15. The zero-order chi connectivity index (χ0) is 9.78. The Morgan fingerprint density at radius 2 is 0.733 bits per heavy atom. The van der Waals surface area contributed by atoms with Gasteiger partial charge in [-0.3, -0.25) is 0 Å². The van der Waals surface area contributed by atoms with Crippen molar-refractivity contribution in [3.05, 3.63) is 0 Å². The summed E-state index contributed by atoms with van der Waals surface area (Å²) < 4.78 is 0. The second-order valence-electron chi connectivity index (χ2n) is 4.18. The van der Waals surface area contributed by atoms with E-state index in [2.05, 4.69) is 13.8 Å². The Morgan fingerprint density at radius 1 is 0.533 bits per heavy atom. The van der Waals surface area contributed by atoms with Gasteiger partial charge in [-0.25, -0.2) is 0 Å². The minimum atomic E-state index is 0. The first-order valence-corrected chi connectivity index (χ1v) is 6.41. The van der Waals surface area contributed by atoms with Crippen LogP contribution in [0.4, 0.5) is 0 Å². The largest absolute Gasteiger partial charge is 0.0776 e. The van der Waals surface area contributed by atoms with E-state index in [-0.39, 0.29) is 14.9 Å². The summed E-state index contributed by atoms with van der Waals surface area (Å²) in [7, 11) is 0. The Hall–Kier alpha value is 0. The van der Waals surface area contributed by atoms with Crippen LogP contribution < -0.4 is 0 Å². The molecule has 0 atom stereocenters. The van der Waals surface area contributed by atoms with Crippen LogP contribution in [0.2, 0.25) is 0 Å². The number of hydrogen-bond donors (Lipinski definition) is 0. The van der Waals surface area contributed by atoms with Crippen LogP contribution in [0.25, 0.3) is 0 Å². The lowest BCUT2D eigenvalue weighted by Crippen LogP contribution is -1.59. The molecule has 2 rings (SSSR count). The maximum atomic E-state index is 2.21. The highest BCUT2D eigenvalue weighted by molar-refractivity contribution is 4.51. The van der Waals surface area contributed by atoms with Crippen LogP contribution in [0.3, 0.4) is 0 Å². The van der Waals surface area contributed by atoms with Gasteiger partial charge in [0.2, 0.25) is 0 Å². The van der Waals surface area contributed by atoms with Crippen molar-refractivity contribution in [3.63, 3.8) is 0 Å². The predicted molar refractivity (Wildman–Crippen MR) is 75.6 cm³/mol. The highest BCUT2D eigenvalue weighted by Gasteiger charge is 1.95. The molecule has 0 heterocycles. The molecule has 0 aliphatic heterocycles. The minimum absolute atomic E-state index is 0. The quantitative estimate of drug-likeness (QED) is 0.488. The van der Waals surface area contributed by atoms with Crippen LogP contribution in [-0.2, 0) is 0 Å². The summed E-state index contributed by atoms with van der Waals surface area (Å²) in [5, 5.41) is 0. The lowest BCUT2D eigenvalue weighted by Gasteiger charge is -1.79. The van der Waals surface area contributed by atoms with E-state index >= 15 is 0 Å². The Bertz CT molecular complexity index is 57.7. The Kier molecular flexibility index (Phi) is 26.6. The molecule has 0 heteroatoms. The average Bonchev–Trinajstić information content (AvgIpc) is 2.91. The molecular weight excluding hydrogens is 180 g/mol. The van der Waals surface area contributed by atoms with Gasteiger partial charge in [-0.15, -0.1) is 0 Å². The molecule has 2 aliphatic carbocycles. The molecule has 0 aromatic heterocycles. The van der Waals surface area contributed by atoms with E-state index < -0.39 is 0 Å². The molecule has 0 spiro atoms. The van der Waals surface area contributed by atoms with Crippen molar-refractivity contribution in [2.45, 2.75) is 99.3 Å². The van der Waals surface area contributed by atoms with Crippen LogP contribution in [-0.4, -0.2) is 0 Å². The van der Waals surface area contributed by atoms with Gasteiger partial charge in [-0.2, -0.15) is 0 Å². The average molecular weight is 216 g/mol. The van der Waals surface area contributed by atoms with Gasteiger partial charge in [0.15, 0.2) is 0 Å². The van der Waals surface area contributed by atoms with Gasteiger partial charge in [0.05, 0.1) is 0 Å². The third kappa shape index (κ3) is 31.5. The van der Waals surface area contributed by atoms with Crippen molar-refractivity contribution in [2.24, 2.45) is 0 Å². The fraction of sp³-hybridized carbons (Fsp3) is 1.00. The van der Waals surface area contributed by atoms with E-state index in [1.54, 1.807) is 0 Å². The van der Waals surface area contributed by atoms with Crippen molar-refractivity contribution < 1.29 is 0 Å². The second-order valence-corrected chi connectivity index (χ2v) is 4.18. The van der Waals surface area contributed by atoms with Crippen molar-refractivity contribution in [1.82, 2.24) is 0 Å². The normalized spacial score (nSPS) is 15.6. The SMILES string of the molecule is C.C.C1CC1.C1CCCC1.CCCCC. The van der Waals surface area contributed by atoms with Gasteiger partial charge in [0.25, 0.3) is 0 Å². The van der Waals surface area contributed by atoms with Crippen molar-refractivity contribution >= 4 is 0 Å². The fourth-order valence-electron chi connectivity index (χ4n) is 1.24. The Labute approximate surface area is 99.9 Å². The lowest BCUT2D eigenvalue weighted by molar-refractivity contribution is 0.772. The van der Waals surface area contributed by atoms with Crippen LogP contribution in [0.15, 0.2) is 0 Å². The first-order chi connectivity index (χ1) is 6.41. The number of unbranched alkanes of at least 4 members (excludes halogenated alkanes) is 2. The van der Waals surface area contributed by atoms with Gasteiger partial charge >= 0.3 is 0 Å². The zero-order valence-electron chi connectivity index (χ0n) is 9.78. The van der Waals surface area contributed by atoms with Crippen LogP contribution in [0.1, 0.15) is 99.3 Å². The predicted octanol–water partition coefficient (Wildman–Crippen LogP) is 6.59. The fourth-order valence-corrected chi connectivity index (χ4v) is 1.24. The molecule has 0 N–H and O–H groups in total. The topological polar surface area (TPSA) is 0 Å². The Balaban J connectivity index is -0.000000138. The van der Waals surface area contributed by atoms with Gasteiger partial charge in [0, 0.05) is 0 Å². The summed E-state index contributed by atoms with van der Waals surface area (Å²) in [6.07, 6.45) is 16.1. The number of hydrogen-bond acceptors (Lipinski definition) is 0. The van der Waals surface area contributed by atoms with E-state index in [0.29, 0.717) is 0 Å². The molecule has 2 saturated carbocycles. The summed E-state index contributed by atoms with van der Waals surface area (Å²) in [5.74, 6) is 0. The number of rotatable bonds is 2. The Morgan fingerprint density at radius 3 is 0.800 bits per heavy atom. The van der Waals surface area contributed by atoms with Crippen molar-refractivity contribution in [3.8, 4) is 0 Å². The maximum absolute atomic E-state index is 2.21. The van der Waals surface area contributed by atoms with E-state index in [0.717, 1.165) is 0 Å². The molecule has 0 unspecified atom stereocenters. The molecule has 96 valence electrons. The first-order valence-electron chi connectivity index (χ1n) is 6.41. The summed E-state index contributed by atoms with van der Waals surface area (Å²) in [5.41, 5.74) is 0. The molecule has 2 fully saturated rings. The highest BCUT2D eigenvalue weighted by atomic mass is 14.0. The van der Waals surface area contributed by atoms with Gasteiger partial charge < -0.3 is 0 Å². The van der Waals surface area contributed by atoms with Crippen molar-refractivity contribution in [2.75, 3.05) is 0 Å². The van der Waals surface area contributed by atoms with E-state index in [9.17, 15) is 0 Å². The zero-order valence-corrected chi connectivity index (χ0v) is 9.78. The summed E-state index contributed by atoms with van der Waals surface area (Å²) >= 11 is 0. The molecule has 2 aliphatic rings. The standard InChI is InChI=1S/C5H10.C5H12.C3H6.2CH4/c1-2-4-5-3-1;1-3-5-4-2;1-2-3-1;;/h1-5H2;3-5H2,1-2H3;1-3H2;2*1H4. The molecule has 0 aromatic carbocycles. The van der Waals surface area contributed by atoms with Crippen LogP contribution in [0, 0.1) is 0 Å². The first kappa shape index (κ1) is 20.4. The third-order valence-electron chi connectivity index (χ3n) is 2.31. The maximum Gasteiger partial charge on any atom is -0.0533 e. The van der Waals surface area contributed by atoms with Crippen LogP contribution in [0.5, 0.6) is 0 Å². The molecule has 0 radical (unpaired) electrons. The molecule has 0 bridgehead atoms. The summed E-state index contributed by atoms with van der Waals surface area (Å²) in [6.45, 7) is 4.42. The summed E-state index contributed by atoms with van der Waals surface area (Å²) in [6, 6.07) is 0. The third-order valence-corrected chi connectivity index (χ3v) is 2.31. The molecule has 0 saturated heterocycles. The van der Waals surface area contributed by atoms with E-state index in [1.807, 2.05) is 0 Å². The smallest absolute Gasteiger partial charge is 0.0533 e. The van der Waals surface area contributed by atoms with E-state index in [1.165, 1.54) is 70.6 Å². The monoisotopic (exact) mass is 216 g/mol. The molecule has 0 amide bonds. The second kappa shape index (κ2) is 19.6. The van der Waals surface area contributed by atoms with Gasteiger partial charge in [-0.1, -0.05) is 99.3 Å². The molecule has 15 heavy (non-hydrogen) atoms. The van der Waals surface area contributed by atoms with Crippen molar-refractivity contribution in [1.29, 1.82) is 0 Å². The van der Waals surface area contributed by atoms with Gasteiger partial charge in [0.1, 0.15) is 0 Å². The van der Waals surface area contributed by atoms with Gasteiger partial charge in [-0.05, 0) is 0 Å². The molecule has 0 nitrogen and oxygen atoms in total. The van der Waals surface area contributed by atoms with Crippen LogP contribution >= 0.6 is 0 Å². The molecule has 0 aromatic rings. The van der Waals surface area contributed by atoms with E-state index in [4.69, 9.17) is 0 Å².